The normalized spacial score (nSPS) is 23.6. The third-order valence-corrected chi connectivity index (χ3v) is 11.3. The van der Waals surface area contributed by atoms with E-state index in [-0.39, 0.29) is 10.8 Å². The monoisotopic (exact) mass is 606 g/mol. The molecule has 0 aromatic heterocycles. The molecule has 1 N–H and O–H groups in total. The predicted octanol–water partition coefficient (Wildman–Crippen LogP) is 8.67. The van der Waals surface area contributed by atoms with Crippen molar-refractivity contribution < 1.29 is 9.68 Å². The first-order valence-corrected chi connectivity index (χ1v) is 17.8. The highest BCUT2D eigenvalue weighted by molar-refractivity contribution is 6.03. The molecule has 4 nitrogen and oxygen atoms in total. The fourth-order valence-corrected chi connectivity index (χ4v) is 8.80. The summed E-state index contributed by atoms with van der Waals surface area (Å²) in [6.45, 7) is 18.8. The molecular weight excluding hydrogens is 550 g/mol. The van der Waals surface area contributed by atoms with Crippen LogP contribution in [-0.4, -0.2) is 59.1 Å². The number of allylic oxidation sites excluding steroid dienone is 4. The summed E-state index contributed by atoms with van der Waals surface area (Å²) in [5.41, 5.74) is 11.7. The van der Waals surface area contributed by atoms with E-state index in [2.05, 4.69) is 123 Å². The van der Waals surface area contributed by atoms with Gasteiger partial charge in [0.25, 0.3) is 0 Å². The van der Waals surface area contributed by atoms with Crippen LogP contribution in [0.15, 0.2) is 83.6 Å². The summed E-state index contributed by atoms with van der Waals surface area (Å²) in [7, 11) is 0. The maximum atomic E-state index is 9.88. The van der Waals surface area contributed by atoms with Crippen LogP contribution in [-0.2, 0) is 10.8 Å². The highest BCUT2D eigenvalue weighted by Crippen LogP contribution is 2.47. The Kier molecular flexibility index (Phi) is 9.17. The number of hydrogen-bond donors (Lipinski definition) is 1. The number of para-hydroxylation sites is 2. The number of aliphatic hydroxyl groups excluding tert-OH is 1. The van der Waals surface area contributed by atoms with Gasteiger partial charge in [-0.2, -0.15) is 4.58 Å². The lowest BCUT2D eigenvalue weighted by atomic mass is 9.79. The lowest BCUT2D eigenvalue weighted by molar-refractivity contribution is -0.437. The number of anilines is 1. The molecule has 45 heavy (non-hydrogen) atoms. The SMILES string of the molecule is CCCN1c2ccccc2C(C)(C)C1C/C=C1\CCC(/C=C/C2=[N+](CCC)c3ccccc3C2(C)C)=C1N1CCC(CO)CC1. The zero-order chi connectivity index (χ0) is 31.8. The first-order valence-electron chi connectivity index (χ1n) is 17.8. The van der Waals surface area contributed by atoms with Gasteiger partial charge in [-0.05, 0) is 81.1 Å². The molecule has 1 aliphatic carbocycles. The molecule has 3 heterocycles. The fourth-order valence-electron chi connectivity index (χ4n) is 8.80. The van der Waals surface area contributed by atoms with Gasteiger partial charge in [0.15, 0.2) is 5.71 Å². The van der Waals surface area contributed by atoms with Crippen LogP contribution in [0.1, 0.15) is 97.6 Å². The van der Waals surface area contributed by atoms with Crippen LogP contribution in [0.2, 0.25) is 0 Å². The topological polar surface area (TPSA) is 29.7 Å². The zero-order valence-corrected chi connectivity index (χ0v) is 28.8. The van der Waals surface area contributed by atoms with Crippen molar-refractivity contribution in [3.05, 3.63) is 94.7 Å². The van der Waals surface area contributed by atoms with E-state index in [1.54, 1.807) is 0 Å². The maximum absolute atomic E-state index is 9.88. The molecule has 0 spiro atoms. The van der Waals surface area contributed by atoms with Gasteiger partial charge in [0, 0.05) is 73.2 Å². The second kappa shape index (κ2) is 12.9. The molecule has 4 heteroatoms. The fraction of sp³-hybridized carbons (Fsp3) is 0.537. The van der Waals surface area contributed by atoms with Gasteiger partial charge in [0.2, 0.25) is 5.69 Å². The Morgan fingerprint density at radius 1 is 0.889 bits per heavy atom. The summed E-state index contributed by atoms with van der Waals surface area (Å²) in [5, 5.41) is 9.88. The molecular formula is C41H56N3O+. The van der Waals surface area contributed by atoms with Crippen LogP contribution in [0, 0.1) is 5.92 Å². The van der Waals surface area contributed by atoms with Gasteiger partial charge >= 0.3 is 0 Å². The zero-order valence-electron chi connectivity index (χ0n) is 28.8. The molecule has 1 unspecified atom stereocenters. The van der Waals surface area contributed by atoms with Crippen molar-refractivity contribution in [2.24, 2.45) is 5.92 Å². The number of hydrogen-bond acceptors (Lipinski definition) is 3. The third kappa shape index (κ3) is 5.73. The molecule has 0 bridgehead atoms. The molecule has 2 aromatic rings. The molecule has 1 atom stereocenters. The summed E-state index contributed by atoms with van der Waals surface area (Å²) in [4.78, 5) is 5.35. The Labute approximate surface area is 272 Å². The van der Waals surface area contributed by atoms with Crippen molar-refractivity contribution in [3.8, 4) is 0 Å². The molecule has 4 aliphatic rings. The number of piperidine rings is 1. The lowest BCUT2D eigenvalue weighted by Gasteiger charge is -2.36. The van der Waals surface area contributed by atoms with Crippen molar-refractivity contribution in [2.75, 3.05) is 37.7 Å². The minimum absolute atomic E-state index is 0.0223. The van der Waals surface area contributed by atoms with Gasteiger partial charge in [-0.15, -0.1) is 0 Å². The largest absolute Gasteiger partial charge is 0.396 e. The lowest BCUT2D eigenvalue weighted by Crippen LogP contribution is -2.41. The van der Waals surface area contributed by atoms with Crippen LogP contribution in [0.3, 0.4) is 0 Å². The first kappa shape index (κ1) is 31.9. The minimum Gasteiger partial charge on any atom is -0.396 e. The third-order valence-electron chi connectivity index (χ3n) is 11.3. The maximum Gasteiger partial charge on any atom is 0.209 e. The van der Waals surface area contributed by atoms with Crippen LogP contribution in [0.4, 0.5) is 11.4 Å². The van der Waals surface area contributed by atoms with E-state index in [1.165, 1.54) is 45.1 Å². The summed E-state index contributed by atoms with van der Waals surface area (Å²) in [6.07, 6.45) is 15.2. The quantitative estimate of drug-likeness (QED) is 0.275. The molecule has 0 amide bonds. The number of fused-ring (bicyclic) bond motifs is 2. The van der Waals surface area contributed by atoms with Gasteiger partial charge in [0.05, 0.1) is 5.41 Å². The second-order valence-electron chi connectivity index (χ2n) is 14.9. The Hall–Kier alpha value is -3.11. The second-order valence-corrected chi connectivity index (χ2v) is 14.9. The summed E-state index contributed by atoms with van der Waals surface area (Å²) in [5.74, 6) is 0.436. The van der Waals surface area contributed by atoms with Gasteiger partial charge < -0.3 is 14.9 Å². The van der Waals surface area contributed by atoms with Gasteiger partial charge in [-0.25, -0.2) is 0 Å². The van der Waals surface area contributed by atoms with E-state index in [0.29, 0.717) is 18.6 Å². The number of aliphatic hydroxyl groups is 1. The van der Waals surface area contributed by atoms with E-state index in [9.17, 15) is 5.11 Å². The molecule has 240 valence electrons. The average molecular weight is 607 g/mol. The van der Waals surface area contributed by atoms with E-state index < -0.39 is 0 Å². The molecule has 3 aliphatic heterocycles. The molecule has 0 saturated carbocycles. The summed E-state index contributed by atoms with van der Waals surface area (Å²) < 4.78 is 2.56. The number of benzene rings is 2. The van der Waals surface area contributed by atoms with Gasteiger partial charge in [-0.1, -0.05) is 76.2 Å². The highest BCUT2D eigenvalue weighted by atomic mass is 16.3. The Morgan fingerprint density at radius 2 is 1.60 bits per heavy atom. The molecule has 6 rings (SSSR count). The van der Waals surface area contributed by atoms with Crippen LogP contribution in [0.25, 0.3) is 0 Å². The molecule has 1 saturated heterocycles. The van der Waals surface area contributed by atoms with Crippen LogP contribution in [0.5, 0.6) is 0 Å². The summed E-state index contributed by atoms with van der Waals surface area (Å²) in [6, 6.07) is 18.5. The van der Waals surface area contributed by atoms with Crippen LogP contribution < -0.4 is 4.90 Å². The molecule has 1 fully saturated rings. The number of nitrogens with zero attached hydrogens (tertiary/aromatic N) is 3. The van der Waals surface area contributed by atoms with Crippen molar-refractivity contribution in [1.82, 2.24) is 4.90 Å². The number of likely N-dealkylation sites (tertiary alicyclic amines) is 1. The first-order chi connectivity index (χ1) is 21.7. The Bertz CT molecular complexity index is 1510. The van der Waals surface area contributed by atoms with Crippen molar-refractivity contribution in [3.63, 3.8) is 0 Å². The molecule has 2 aromatic carbocycles. The number of rotatable bonds is 10. The average Bonchev–Trinajstić information content (AvgIpc) is 3.62. The van der Waals surface area contributed by atoms with E-state index in [0.717, 1.165) is 71.1 Å². The standard InChI is InChI=1S/C41H56N3O/c1-7-25-43-35-15-11-9-13-33(35)40(3,4)37(43)21-19-31-17-18-32(39(31)42-27-23-30(29-45)24-28-42)20-22-38-41(5,6)34-14-10-12-16-36(34)44(38)26-8-2/h9-16,19-21,30,38,45H,7-8,17-18,22-29H2,1-6H3/q+1/b32-20+. The predicted molar refractivity (Wildman–Crippen MR) is 190 cm³/mol. The molecule has 0 radical (unpaired) electrons. The van der Waals surface area contributed by atoms with Crippen molar-refractivity contribution >= 4 is 17.1 Å². The smallest absolute Gasteiger partial charge is 0.209 e. The van der Waals surface area contributed by atoms with Crippen molar-refractivity contribution in [1.29, 1.82) is 0 Å². The minimum atomic E-state index is -0.0223. The van der Waals surface area contributed by atoms with Crippen molar-refractivity contribution in [2.45, 2.75) is 103 Å². The van der Waals surface area contributed by atoms with Gasteiger partial charge in [0.1, 0.15) is 6.54 Å². The Balaban J connectivity index is 1.35. The summed E-state index contributed by atoms with van der Waals surface area (Å²) >= 11 is 0. The Morgan fingerprint density at radius 3 is 2.31 bits per heavy atom. The van der Waals surface area contributed by atoms with E-state index in [1.807, 2.05) is 0 Å². The van der Waals surface area contributed by atoms with Gasteiger partial charge in [-0.3, -0.25) is 0 Å². The van der Waals surface area contributed by atoms with E-state index in [4.69, 9.17) is 0 Å². The highest BCUT2D eigenvalue weighted by Gasteiger charge is 2.45. The van der Waals surface area contributed by atoms with E-state index >= 15 is 0 Å². The van der Waals surface area contributed by atoms with Crippen LogP contribution >= 0.6 is 0 Å².